The molecule has 0 bridgehead atoms. The van der Waals surface area contributed by atoms with Crippen molar-refractivity contribution in [2.24, 2.45) is 10.4 Å². The number of anilines is 1. The van der Waals surface area contributed by atoms with Crippen molar-refractivity contribution in [2.45, 2.75) is 52.1 Å². The molecule has 1 unspecified atom stereocenters. The van der Waals surface area contributed by atoms with E-state index in [2.05, 4.69) is 25.8 Å². The number of carbonyl (C=O) groups is 1. The van der Waals surface area contributed by atoms with Crippen LogP contribution >= 0.6 is 11.6 Å². The summed E-state index contributed by atoms with van der Waals surface area (Å²) in [5.74, 6) is -1.94. The van der Waals surface area contributed by atoms with Gasteiger partial charge in [0.05, 0.1) is 27.7 Å². The van der Waals surface area contributed by atoms with Crippen molar-refractivity contribution in [2.75, 3.05) is 18.0 Å². The van der Waals surface area contributed by atoms with Crippen LogP contribution in [0.5, 0.6) is 0 Å². The first-order valence-corrected chi connectivity index (χ1v) is 10.5. The van der Waals surface area contributed by atoms with Gasteiger partial charge in [-0.2, -0.15) is 0 Å². The molecule has 0 amide bonds. The molecule has 2 aliphatic rings. The molecule has 2 aromatic rings. The Kier molecular flexibility index (Phi) is 5.12. The fourth-order valence-corrected chi connectivity index (χ4v) is 4.32. The molecule has 1 aliphatic carbocycles. The largest absolute Gasteiger partial charge is 0.477 e. The standard InChI is InChI=1S/C22H25ClFN3O3/c1-22(2,3)11-25-12-6-7-26(9-12)19-16(24)8-14-18(17(19)23)27(13-4-5-13)10-15(20(14)28)21(29)30/h8,10-13H,4-7,9H2,1-3H3,(H,29,30)/b25-11+. The molecule has 1 saturated heterocycles. The highest BCUT2D eigenvalue weighted by Crippen LogP contribution is 2.42. The molecule has 1 saturated carbocycles. The Balaban J connectivity index is 1.80. The first-order valence-electron chi connectivity index (χ1n) is 10.2. The zero-order valence-corrected chi connectivity index (χ0v) is 18.0. The topological polar surface area (TPSA) is 74.9 Å². The predicted molar refractivity (Wildman–Crippen MR) is 117 cm³/mol. The molecule has 0 radical (unpaired) electrons. The van der Waals surface area contributed by atoms with Gasteiger partial charge in [-0.25, -0.2) is 9.18 Å². The molecule has 2 fully saturated rings. The number of halogens is 2. The van der Waals surface area contributed by atoms with E-state index in [-0.39, 0.29) is 39.2 Å². The highest BCUT2D eigenvalue weighted by atomic mass is 35.5. The maximum absolute atomic E-state index is 15.1. The summed E-state index contributed by atoms with van der Waals surface area (Å²) in [6.07, 6.45) is 5.80. The fourth-order valence-electron chi connectivity index (χ4n) is 3.91. The van der Waals surface area contributed by atoms with Crippen LogP contribution in [0.4, 0.5) is 10.1 Å². The maximum atomic E-state index is 15.1. The van der Waals surface area contributed by atoms with Gasteiger partial charge in [0.15, 0.2) is 0 Å². The second kappa shape index (κ2) is 7.38. The minimum atomic E-state index is -1.32. The lowest BCUT2D eigenvalue weighted by Crippen LogP contribution is -2.24. The maximum Gasteiger partial charge on any atom is 0.341 e. The summed E-state index contributed by atoms with van der Waals surface area (Å²) in [4.78, 5) is 30.7. The van der Waals surface area contributed by atoms with Crippen LogP contribution in [0, 0.1) is 11.2 Å². The summed E-state index contributed by atoms with van der Waals surface area (Å²) >= 11 is 6.68. The second-order valence-corrected chi connectivity index (χ2v) is 9.64. The van der Waals surface area contributed by atoms with E-state index in [0.29, 0.717) is 18.6 Å². The van der Waals surface area contributed by atoms with E-state index in [1.165, 1.54) is 6.20 Å². The number of nitrogens with zero attached hydrogens (tertiary/aromatic N) is 3. The van der Waals surface area contributed by atoms with Crippen molar-refractivity contribution < 1.29 is 14.3 Å². The third-order valence-electron chi connectivity index (χ3n) is 5.51. The summed E-state index contributed by atoms with van der Waals surface area (Å²) in [6, 6.07) is 1.26. The van der Waals surface area contributed by atoms with Crippen molar-refractivity contribution in [1.29, 1.82) is 0 Å². The van der Waals surface area contributed by atoms with Crippen LogP contribution in [0.15, 0.2) is 22.1 Å². The Labute approximate surface area is 179 Å². The Bertz CT molecular complexity index is 1120. The molecule has 8 heteroatoms. The summed E-state index contributed by atoms with van der Waals surface area (Å²) in [7, 11) is 0. The lowest BCUT2D eigenvalue weighted by atomic mass is 9.99. The van der Waals surface area contributed by atoms with Crippen molar-refractivity contribution >= 4 is 40.4 Å². The van der Waals surface area contributed by atoms with Gasteiger partial charge in [0, 0.05) is 31.5 Å². The van der Waals surface area contributed by atoms with Gasteiger partial charge in [0.25, 0.3) is 0 Å². The van der Waals surface area contributed by atoms with Gasteiger partial charge in [-0.05, 0) is 30.7 Å². The molecule has 1 aliphatic heterocycles. The third kappa shape index (κ3) is 3.83. The average molecular weight is 434 g/mol. The lowest BCUT2D eigenvalue weighted by molar-refractivity contribution is 0.0695. The van der Waals surface area contributed by atoms with Gasteiger partial charge in [-0.3, -0.25) is 9.79 Å². The minimum Gasteiger partial charge on any atom is -0.477 e. The SMILES string of the molecule is CC(C)(C)/C=N/C1CCN(c2c(F)cc3c(=O)c(C(=O)O)cn(C4CC4)c3c2Cl)C1. The number of hydrogen-bond donors (Lipinski definition) is 1. The molecule has 160 valence electrons. The van der Waals surface area contributed by atoms with E-state index in [0.717, 1.165) is 25.3 Å². The lowest BCUT2D eigenvalue weighted by Gasteiger charge is -2.23. The van der Waals surface area contributed by atoms with Crippen molar-refractivity contribution in [3.05, 3.63) is 38.9 Å². The fraction of sp³-hybridized carbons (Fsp3) is 0.500. The van der Waals surface area contributed by atoms with Gasteiger partial charge in [-0.15, -0.1) is 0 Å². The second-order valence-electron chi connectivity index (χ2n) is 9.27. The van der Waals surface area contributed by atoms with E-state index in [1.54, 1.807) is 4.57 Å². The Morgan fingerprint density at radius 1 is 1.33 bits per heavy atom. The molecular weight excluding hydrogens is 409 g/mol. The van der Waals surface area contributed by atoms with Crippen LogP contribution in [0.2, 0.25) is 5.02 Å². The molecule has 1 N–H and O–H groups in total. The first-order chi connectivity index (χ1) is 14.1. The van der Waals surface area contributed by atoms with Crippen LogP contribution in [0.1, 0.15) is 56.4 Å². The van der Waals surface area contributed by atoms with Gasteiger partial charge in [0.2, 0.25) is 5.43 Å². The summed E-state index contributed by atoms with van der Waals surface area (Å²) < 4.78 is 16.9. The minimum absolute atomic E-state index is 0.00884. The number of rotatable bonds is 4. The van der Waals surface area contributed by atoms with Gasteiger partial charge >= 0.3 is 5.97 Å². The third-order valence-corrected chi connectivity index (χ3v) is 5.86. The monoisotopic (exact) mass is 433 g/mol. The summed E-state index contributed by atoms with van der Waals surface area (Å²) in [5.41, 5.74) is -0.436. The van der Waals surface area contributed by atoms with Gasteiger partial charge in [-0.1, -0.05) is 32.4 Å². The molecule has 1 aromatic heterocycles. The molecule has 30 heavy (non-hydrogen) atoms. The summed E-state index contributed by atoms with van der Waals surface area (Å²) in [5, 5.41) is 9.56. The Hall–Kier alpha value is -2.41. The van der Waals surface area contributed by atoms with E-state index in [9.17, 15) is 14.7 Å². The van der Waals surface area contributed by atoms with E-state index < -0.39 is 17.2 Å². The highest BCUT2D eigenvalue weighted by molar-refractivity contribution is 6.38. The van der Waals surface area contributed by atoms with Crippen molar-refractivity contribution in [3.8, 4) is 0 Å². The molecule has 0 spiro atoms. The molecule has 1 atom stereocenters. The zero-order valence-electron chi connectivity index (χ0n) is 17.3. The number of aromatic nitrogens is 1. The number of carboxylic acids is 1. The highest BCUT2D eigenvalue weighted by Gasteiger charge is 2.32. The van der Waals surface area contributed by atoms with Crippen LogP contribution in [-0.4, -0.2) is 41.0 Å². The number of carboxylic acid groups (broad SMARTS) is 1. The molecule has 4 rings (SSSR count). The molecule has 2 heterocycles. The summed E-state index contributed by atoms with van der Waals surface area (Å²) in [6.45, 7) is 7.37. The van der Waals surface area contributed by atoms with Gasteiger partial charge < -0.3 is 14.6 Å². The van der Waals surface area contributed by atoms with E-state index in [4.69, 9.17) is 11.6 Å². The van der Waals surface area contributed by atoms with E-state index >= 15 is 4.39 Å². The van der Waals surface area contributed by atoms with Gasteiger partial charge in [0.1, 0.15) is 11.4 Å². The normalized spacial score (nSPS) is 19.9. The van der Waals surface area contributed by atoms with Crippen LogP contribution in [0.25, 0.3) is 10.9 Å². The Morgan fingerprint density at radius 3 is 2.63 bits per heavy atom. The quantitative estimate of drug-likeness (QED) is 0.719. The molecule has 1 aromatic carbocycles. The Morgan fingerprint density at radius 2 is 2.03 bits per heavy atom. The van der Waals surface area contributed by atoms with Crippen LogP contribution in [0.3, 0.4) is 0 Å². The number of pyridine rings is 1. The molecular formula is C22H25ClFN3O3. The van der Waals surface area contributed by atoms with Crippen LogP contribution in [-0.2, 0) is 0 Å². The predicted octanol–water partition coefficient (Wildman–Crippen LogP) is 4.52. The van der Waals surface area contributed by atoms with Crippen LogP contribution < -0.4 is 10.3 Å². The van der Waals surface area contributed by atoms with Crippen molar-refractivity contribution in [3.63, 3.8) is 0 Å². The average Bonchev–Trinajstić information content (AvgIpc) is 3.39. The number of hydrogen-bond acceptors (Lipinski definition) is 4. The first kappa shape index (κ1) is 20.8. The number of fused-ring (bicyclic) bond motifs is 1. The number of aliphatic imine (C=N–C) groups is 1. The zero-order chi connectivity index (χ0) is 21.8. The van der Waals surface area contributed by atoms with E-state index in [1.807, 2.05) is 11.1 Å². The molecule has 6 nitrogen and oxygen atoms in total. The smallest absolute Gasteiger partial charge is 0.341 e. The van der Waals surface area contributed by atoms with Crippen molar-refractivity contribution in [1.82, 2.24) is 4.57 Å². The number of aromatic carboxylic acids is 1. The number of benzene rings is 1.